The van der Waals surface area contributed by atoms with E-state index in [9.17, 15) is 9.90 Å². The molecular weight excluding hydrogens is 252 g/mol. The number of carboxylic acid groups (broad SMARTS) is 1. The fourth-order valence-electron chi connectivity index (χ4n) is 4.69. The number of likely N-dealkylation sites (tertiary alicyclic amines) is 1. The molecule has 0 aliphatic carbocycles. The predicted molar refractivity (Wildman–Crippen MR) is 78.7 cm³/mol. The van der Waals surface area contributed by atoms with Crippen molar-refractivity contribution in [2.75, 3.05) is 26.2 Å². The summed E-state index contributed by atoms with van der Waals surface area (Å²) in [5.41, 5.74) is -0.512. The van der Waals surface area contributed by atoms with E-state index in [-0.39, 0.29) is 5.92 Å². The Balaban J connectivity index is 1.72. The zero-order valence-corrected chi connectivity index (χ0v) is 12.8. The molecule has 3 aliphatic rings. The fourth-order valence-corrected chi connectivity index (χ4v) is 4.69. The first-order chi connectivity index (χ1) is 9.54. The standard InChI is InChI=1S/C16H28N2O2/c1-12(2)16(15(19)20)7-10-18(11-16)14-6-9-17-8-4-3-5-13(14)17/h12-14H,3-11H2,1-2H3,(H,19,20). The molecule has 3 heterocycles. The summed E-state index contributed by atoms with van der Waals surface area (Å²) in [6.07, 6.45) is 6.05. The normalized spacial score (nSPS) is 39.4. The molecular formula is C16H28N2O2. The van der Waals surface area contributed by atoms with Gasteiger partial charge in [0.05, 0.1) is 5.41 Å². The van der Waals surface area contributed by atoms with E-state index >= 15 is 0 Å². The van der Waals surface area contributed by atoms with Crippen LogP contribution in [0.4, 0.5) is 0 Å². The molecule has 114 valence electrons. The Bertz CT molecular complexity index is 385. The van der Waals surface area contributed by atoms with E-state index in [1.165, 1.54) is 38.8 Å². The molecule has 0 aromatic heterocycles. The minimum Gasteiger partial charge on any atom is -0.481 e. The third kappa shape index (κ3) is 2.17. The van der Waals surface area contributed by atoms with Gasteiger partial charge in [0.25, 0.3) is 0 Å². The topological polar surface area (TPSA) is 43.8 Å². The Morgan fingerprint density at radius 3 is 2.50 bits per heavy atom. The summed E-state index contributed by atoms with van der Waals surface area (Å²) in [6.45, 7) is 8.34. The average molecular weight is 280 g/mol. The lowest BCUT2D eigenvalue weighted by Gasteiger charge is -2.37. The third-order valence-electron chi connectivity index (χ3n) is 6.15. The summed E-state index contributed by atoms with van der Waals surface area (Å²) < 4.78 is 0. The molecule has 3 fully saturated rings. The highest BCUT2D eigenvalue weighted by Gasteiger charge is 2.50. The molecule has 3 unspecified atom stereocenters. The third-order valence-corrected chi connectivity index (χ3v) is 6.15. The van der Waals surface area contributed by atoms with Crippen molar-refractivity contribution >= 4 is 5.97 Å². The van der Waals surface area contributed by atoms with Crippen LogP contribution >= 0.6 is 0 Å². The molecule has 20 heavy (non-hydrogen) atoms. The van der Waals surface area contributed by atoms with Gasteiger partial charge in [0, 0.05) is 25.2 Å². The number of carboxylic acids is 1. The van der Waals surface area contributed by atoms with Gasteiger partial charge in [-0.3, -0.25) is 14.6 Å². The fraction of sp³-hybridized carbons (Fsp3) is 0.938. The summed E-state index contributed by atoms with van der Waals surface area (Å²) in [5.74, 6) is -0.373. The van der Waals surface area contributed by atoms with Crippen molar-refractivity contribution in [2.45, 2.75) is 58.0 Å². The van der Waals surface area contributed by atoms with Gasteiger partial charge in [0.2, 0.25) is 0 Å². The van der Waals surface area contributed by atoms with Gasteiger partial charge in [0.15, 0.2) is 0 Å². The SMILES string of the molecule is CC(C)C1(C(=O)O)CCN(C2CCN3CCCCC23)C1. The summed E-state index contributed by atoms with van der Waals surface area (Å²) in [7, 11) is 0. The van der Waals surface area contributed by atoms with Crippen molar-refractivity contribution in [3.63, 3.8) is 0 Å². The van der Waals surface area contributed by atoms with Crippen LogP contribution in [0.3, 0.4) is 0 Å². The highest BCUT2D eigenvalue weighted by molar-refractivity contribution is 5.75. The maximum Gasteiger partial charge on any atom is 0.311 e. The van der Waals surface area contributed by atoms with Crippen LogP contribution in [0.1, 0.15) is 46.0 Å². The van der Waals surface area contributed by atoms with Crippen LogP contribution in [0.15, 0.2) is 0 Å². The van der Waals surface area contributed by atoms with Crippen molar-refractivity contribution in [3.8, 4) is 0 Å². The monoisotopic (exact) mass is 280 g/mol. The lowest BCUT2D eigenvalue weighted by atomic mass is 9.76. The van der Waals surface area contributed by atoms with E-state index in [4.69, 9.17) is 0 Å². The average Bonchev–Trinajstić information content (AvgIpc) is 3.03. The quantitative estimate of drug-likeness (QED) is 0.859. The van der Waals surface area contributed by atoms with Gasteiger partial charge in [-0.05, 0) is 44.7 Å². The van der Waals surface area contributed by atoms with E-state index in [0.29, 0.717) is 12.1 Å². The van der Waals surface area contributed by atoms with Crippen molar-refractivity contribution in [1.29, 1.82) is 0 Å². The Labute approximate surface area is 122 Å². The summed E-state index contributed by atoms with van der Waals surface area (Å²) in [5, 5.41) is 9.69. The van der Waals surface area contributed by atoms with Gasteiger partial charge >= 0.3 is 5.97 Å². The number of carbonyl (C=O) groups is 1. The van der Waals surface area contributed by atoms with E-state index < -0.39 is 11.4 Å². The largest absolute Gasteiger partial charge is 0.481 e. The second kappa shape index (κ2) is 5.30. The Hall–Kier alpha value is -0.610. The Morgan fingerprint density at radius 2 is 1.85 bits per heavy atom. The lowest BCUT2D eigenvalue weighted by molar-refractivity contribution is -0.151. The molecule has 0 aromatic rings. The summed E-state index contributed by atoms with van der Waals surface area (Å²) in [4.78, 5) is 16.9. The lowest BCUT2D eigenvalue weighted by Crippen LogP contribution is -2.48. The number of aliphatic carboxylic acids is 1. The number of rotatable bonds is 3. The number of fused-ring (bicyclic) bond motifs is 1. The number of nitrogens with zero attached hydrogens (tertiary/aromatic N) is 2. The van der Waals surface area contributed by atoms with E-state index in [0.717, 1.165) is 19.5 Å². The van der Waals surface area contributed by atoms with Crippen LogP contribution in [-0.2, 0) is 4.79 Å². The maximum atomic E-state index is 11.8. The Kier molecular flexibility index (Phi) is 3.80. The molecule has 0 amide bonds. The molecule has 3 saturated heterocycles. The summed E-state index contributed by atoms with van der Waals surface area (Å²) >= 11 is 0. The van der Waals surface area contributed by atoms with Gasteiger partial charge in [0.1, 0.15) is 0 Å². The Morgan fingerprint density at radius 1 is 1.10 bits per heavy atom. The maximum absolute atomic E-state index is 11.8. The van der Waals surface area contributed by atoms with Crippen LogP contribution in [0.2, 0.25) is 0 Å². The van der Waals surface area contributed by atoms with E-state index in [1.54, 1.807) is 0 Å². The molecule has 4 nitrogen and oxygen atoms in total. The molecule has 4 heteroatoms. The van der Waals surface area contributed by atoms with Crippen LogP contribution in [0.5, 0.6) is 0 Å². The second-order valence-electron chi connectivity index (χ2n) is 7.29. The first-order valence-corrected chi connectivity index (χ1v) is 8.26. The second-order valence-corrected chi connectivity index (χ2v) is 7.29. The van der Waals surface area contributed by atoms with E-state index in [1.807, 2.05) is 0 Å². The summed E-state index contributed by atoms with van der Waals surface area (Å²) in [6, 6.07) is 1.30. The van der Waals surface area contributed by atoms with Crippen molar-refractivity contribution in [2.24, 2.45) is 11.3 Å². The van der Waals surface area contributed by atoms with Gasteiger partial charge in [-0.15, -0.1) is 0 Å². The molecule has 0 spiro atoms. The van der Waals surface area contributed by atoms with Crippen LogP contribution in [0.25, 0.3) is 0 Å². The van der Waals surface area contributed by atoms with E-state index in [2.05, 4.69) is 23.6 Å². The highest BCUT2D eigenvalue weighted by Crippen LogP contribution is 2.41. The minimum atomic E-state index is -0.589. The zero-order chi connectivity index (χ0) is 14.3. The van der Waals surface area contributed by atoms with Crippen molar-refractivity contribution in [1.82, 2.24) is 9.80 Å². The van der Waals surface area contributed by atoms with Crippen LogP contribution < -0.4 is 0 Å². The van der Waals surface area contributed by atoms with Gasteiger partial charge in [-0.2, -0.15) is 0 Å². The molecule has 3 rings (SSSR count). The molecule has 0 saturated carbocycles. The molecule has 0 aromatic carbocycles. The smallest absolute Gasteiger partial charge is 0.311 e. The molecule has 1 N–H and O–H groups in total. The molecule has 0 radical (unpaired) electrons. The van der Waals surface area contributed by atoms with Crippen molar-refractivity contribution < 1.29 is 9.90 Å². The van der Waals surface area contributed by atoms with Crippen LogP contribution in [-0.4, -0.2) is 59.1 Å². The number of piperidine rings is 1. The highest BCUT2D eigenvalue weighted by atomic mass is 16.4. The van der Waals surface area contributed by atoms with Gasteiger partial charge < -0.3 is 5.11 Å². The molecule has 3 atom stereocenters. The molecule has 3 aliphatic heterocycles. The first kappa shape index (κ1) is 14.3. The predicted octanol–water partition coefficient (Wildman–Crippen LogP) is 2.05. The first-order valence-electron chi connectivity index (χ1n) is 8.26. The van der Waals surface area contributed by atoms with Crippen LogP contribution in [0, 0.1) is 11.3 Å². The van der Waals surface area contributed by atoms with Gasteiger partial charge in [-0.25, -0.2) is 0 Å². The number of hydrogen-bond acceptors (Lipinski definition) is 3. The zero-order valence-electron chi connectivity index (χ0n) is 12.8. The number of hydrogen-bond donors (Lipinski definition) is 1. The van der Waals surface area contributed by atoms with Gasteiger partial charge in [-0.1, -0.05) is 20.3 Å². The minimum absolute atomic E-state index is 0.217. The molecule has 0 bridgehead atoms. The van der Waals surface area contributed by atoms with Crippen molar-refractivity contribution in [3.05, 3.63) is 0 Å².